The lowest BCUT2D eigenvalue weighted by molar-refractivity contribution is 0.147. The SMILES string of the molecule is c1ccc(OCCN2CCC2)cc1. The van der Waals surface area contributed by atoms with Crippen LogP contribution in [0, 0.1) is 0 Å². The Balaban J connectivity index is 1.67. The Hall–Kier alpha value is -1.02. The van der Waals surface area contributed by atoms with Crippen LogP contribution in [-0.4, -0.2) is 31.1 Å². The van der Waals surface area contributed by atoms with Gasteiger partial charge in [0.2, 0.25) is 0 Å². The number of ether oxygens (including phenoxy) is 1. The first-order valence-corrected chi connectivity index (χ1v) is 4.85. The maximum absolute atomic E-state index is 5.57. The molecule has 1 aliphatic heterocycles. The fraction of sp³-hybridized carbons (Fsp3) is 0.455. The molecule has 13 heavy (non-hydrogen) atoms. The number of rotatable bonds is 4. The van der Waals surface area contributed by atoms with Gasteiger partial charge in [0, 0.05) is 6.54 Å². The third-order valence-electron chi connectivity index (χ3n) is 2.37. The van der Waals surface area contributed by atoms with Crippen LogP contribution >= 0.6 is 0 Å². The molecule has 2 rings (SSSR count). The smallest absolute Gasteiger partial charge is 0.119 e. The highest BCUT2D eigenvalue weighted by molar-refractivity contribution is 5.20. The van der Waals surface area contributed by atoms with Crippen LogP contribution in [0.25, 0.3) is 0 Å². The lowest BCUT2D eigenvalue weighted by Crippen LogP contribution is -2.39. The Bertz CT molecular complexity index is 244. The van der Waals surface area contributed by atoms with Crippen molar-refractivity contribution in [2.24, 2.45) is 0 Å². The molecule has 0 radical (unpaired) electrons. The molecule has 70 valence electrons. The molecule has 1 heterocycles. The fourth-order valence-corrected chi connectivity index (χ4v) is 1.41. The van der Waals surface area contributed by atoms with E-state index in [2.05, 4.69) is 4.90 Å². The van der Waals surface area contributed by atoms with Gasteiger partial charge < -0.3 is 4.74 Å². The zero-order valence-corrected chi connectivity index (χ0v) is 7.78. The second kappa shape index (κ2) is 4.28. The van der Waals surface area contributed by atoms with Crippen LogP contribution in [0.2, 0.25) is 0 Å². The fourth-order valence-electron chi connectivity index (χ4n) is 1.41. The van der Waals surface area contributed by atoms with Crippen molar-refractivity contribution in [1.82, 2.24) is 4.90 Å². The molecular formula is C11H15NO. The van der Waals surface area contributed by atoms with Gasteiger partial charge in [0.15, 0.2) is 0 Å². The van der Waals surface area contributed by atoms with Gasteiger partial charge >= 0.3 is 0 Å². The minimum atomic E-state index is 0.810. The van der Waals surface area contributed by atoms with Gasteiger partial charge in [0.05, 0.1) is 0 Å². The quantitative estimate of drug-likeness (QED) is 0.695. The van der Waals surface area contributed by atoms with E-state index in [0.29, 0.717) is 0 Å². The minimum Gasteiger partial charge on any atom is -0.492 e. The maximum atomic E-state index is 5.57. The average Bonchev–Trinajstić information content (AvgIpc) is 2.11. The number of nitrogens with zero attached hydrogens (tertiary/aromatic N) is 1. The summed E-state index contributed by atoms with van der Waals surface area (Å²) in [6.07, 6.45) is 1.35. The van der Waals surface area contributed by atoms with Crippen molar-refractivity contribution in [3.8, 4) is 5.75 Å². The van der Waals surface area contributed by atoms with Crippen LogP contribution < -0.4 is 4.74 Å². The Morgan fingerprint density at radius 3 is 2.54 bits per heavy atom. The molecule has 0 unspecified atom stereocenters. The number of likely N-dealkylation sites (tertiary alicyclic amines) is 1. The number of hydrogen-bond acceptors (Lipinski definition) is 2. The van der Waals surface area contributed by atoms with Gasteiger partial charge in [-0.15, -0.1) is 0 Å². The first-order valence-electron chi connectivity index (χ1n) is 4.85. The van der Waals surface area contributed by atoms with E-state index in [1.807, 2.05) is 30.3 Å². The summed E-state index contributed by atoms with van der Waals surface area (Å²) in [6.45, 7) is 4.37. The topological polar surface area (TPSA) is 12.5 Å². The van der Waals surface area contributed by atoms with Gasteiger partial charge in [-0.25, -0.2) is 0 Å². The highest BCUT2D eigenvalue weighted by Crippen LogP contribution is 2.09. The number of benzene rings is 1. The second-order valence-corrected chi connectivity index (χ2v) is 3.36. The second-order valence-electron chi connectivity index (χ2n) is 3.36. The largest absolute Gasteiger partial charge is 0.492 e. The molecule has 2 heteroatoms. The summed E-state index contributed by atoms with van der Waals surface area (Å²) in [6, 6.07) is 9.99. The van der Waals surface area contributed by atoms with Gasteiger partial charge in [-0.3, -0.25) is 4.90 Å². The van der Waals surface area contributed by atoms with Crippen LogP contribution in [0.1, 0.15) is 6.42 Å². The molecule has 1 aromatic carbocycles. The summed E-state index contributed by atoms with van der Waals surface area (Å²) in [4.78, 5) is 2.41. The van der Waals surface area contributed by atoms with Crippen LogP contribution in [0.3, 0.4) is 0 Å². The molecule has 1 aromatic rings. The highest BCUT2D eigenvalue weighted by Gasteiger charge is 2.12. The molecule has 0 aliphatic carbocycles. The maximum Gasteiger partial charge on any atom is 0.119 e. The number of hydrogen-bond donors (Lipinski definition) is 0. The summed E-state index contributed by atoms with van der Waals surface area (Å²) in [5.74, 6) is 0.975. The van der Waals surface area contributed by atoms with E-state index in [4.69, 9.17) is 4.74 Å². The van der Waals surface area contributed by atoms with Crippen molar-refractivity contribution in [3.63, 3.8) is 0 Å². The Morgan fingerprint density at radius 1 is 1.15 bits per heavy atom. The van der Waals surface area contributed by atoms with Crippen molar-refractivity contribution in [2.45, 2.75) is 6.42 Å². The monoisotopic (exact) mass is 177 g/mol. The van der Waals surface area contributed by atoms with Crippen LogP contribution in [0.15, 0.2) is 30.3 Å². The zero-order valence-electron chi connectivity index (χ0n) is 7.78. The van der Waals surface area contributed by atoms with E-state index in [-0.39, 0.29) is 0 Å². The van der Waals surface area contributed by atoms with Crippen LogP contribution in [0.4, 0.5) is 0 Å². The van der Waals surface area contributed by atoms with Crippen molar-refractivity contribution < 1.29 is 4.74 Å². The third-order valence-corrected chi connectivity index (χ3v) is 2.37. The third kappa shape index (κ3) is 2.46. The molecule has 0 atom stereocenters. The standard InChI is InChI=1S/C11H15NO/c1-2-5-11(6-3-1)13-10-9-12-7-4-8-12/h1-3,5-6H,4,7-10H2. The minimum absolute atomic E-state index is 0.810. The van der Waals surface area contributed by atoms with E-state index in [0.717, 1.165) is 18.9 Å². The molecule has 0 bridgehead atoms. The molecule has 1 saturated heterocycles. The van der Waals surface area contributed by atoms with Crippen molar-refractivity contribution >= 4 is 0 Å². The summed E-state index contributed by atoms with van der Waals surface area (Å²) < 4.78 is 5.57. The summed E-state index contributed by atoms with van der Waals surface area (Å²) in [5.41, 5.74) is 0. The van der Waals surface area contributed by atoms with E-state index in [1.165, 1.54) is 19.5 Å². The van der Waals surface area contributed by atoms with E-state index in [9.17, 15) is 0 Å². The van der Waals surface area contributed by atoms with Crippen molar-refractivity contribution in [2.75, 3.05) is 26.2 Å². The Labute approximate surface area is 79.1 Å². The predicted octanol–water partition coefficient (Wildman–Crippen LogP) is 1.77. The molecule has 0 spiro atoms. The van der Waals surface area contributed by atoms with Gasteiger partial charge in [0.1, 0.15) is 12.4 Å². The molecule has 1 aliphatic rings. The molecule has 0 N–H and O–H groups in total. The first-order chi connectivity index (χ1) is 6.45. The summed E-state index contributed by atoms with van der Waals surface area (Å²) in [7, 11) is 0. The normalized spacial score (nSPS) is 16.6. The zero-order chi connectivity index (χ0) is 8.93. The highest BCUT2D eigenvalue weighted by atomic mass is 16.5. The van der Waals surface area contributed by atoms with Gasteiger partial charge in [-0.1, -0.05) is 18.2 Å². The van der Waals surface area contributed by atoms with Crippen molar-refractivity contribution in [3.05, 3.63) is 30.3 Å². The molecular weight excluding hydrogens is 162 g/mol. The summed E-state index contributed by atoms with van der Waals surface area (Å²) in [5, 5.41) is 0. The Kier molecular flexibility index (Phi) is 2.82. The lowest BCUT2D eigenvalue weighted by Gasteiger charge is -2.30. The van der Waals surface area contributed by atoms with E-state index >= 15 is 0 Å². The van der Waals surface area contributed by atoms with E-state index < -0.39 is 0 Å². The van der Waals surface area contributed by atoms with Crippen molar-refractivity contribution in [1.29, 1.82) is 0 Å². The van der Waals surface area contributed by atoms with Crippen LogP contribution in [-0.2, 0) is 0 Å². The predicted molar refractivity (Wildman–Crippen MR) is 53.0 cm³/mol. The summed E-state index contributed by atoms with van der Waals surface area (Å²) >= 11 is 0. The number of para-hydroxylation sites is 1. The van der Waals surface area contributed by atoms with Crippen LogP contribution in [0.5, 0.6) is 5.75 Å². The molecule has 0 aromatic heterocycles. The van der Waals surface area contributed by atoms with Gasteiger partial charge in [-0.05, 0) is 31.6 Å². The Morgan fingerprint density at radius 2 is 1.92 bits per heavy atom. The van der Waals surface area contributed by atoms with Gasteiger partial charge in [0.25, 0.3) is 0 Å². The molecule has 0 amide bonds. The van der Waals surface area contributed by atoms with Gasteiger partial charge in [-0.2, -0.15) is 0 Å². The molecule has 2 nitrogen and oxygen atoms in total. The molecule has 0 saturated carbocycles. The molecule has 1 fully saturated rings. The first kappa shape index (κ1) is 8.57. The lowest BCUT2D eigenvalue weighted by atomic mass is 10.2. The average molecular weight is 177 g/mol. The van der Waals surface area contributed by atoms with E-state index in [1.54, 1.807) is 0 Å².